The smallest absolute Gasteiger partial charge is 0.339 e. The van der Waals surface area contributed by atoms with E-state index in [1.807, 2.05) is 0 Å². The van der Waals surface area contributed by atoms with Gasteiger partial charge in [-0.2, -0.15) is 0 Å². The molecule has 0 aromatic heterocycles. The lowest BCUT2D eigenvalue weighted by atomic mass is 10.2. The van der Waals surface area contributed by atoms with Crippen molar-refractivity contribution in [2.75, 3.05) is 12.4 Å². The molecule has 0 spiro atoms. The number of nitrogens with one attached hydrogen (secondary N) is 1. The molecule has 0 heterocycles. The maximum Gasteiger partial charge on any atom is 0.339 e. The van der Waals surface area contributed by atoms with E-state index in [1.54, 1.807) is 6.07 Å². The fourth-order valence-electron chi connectivity index (χ4n) is 1.90. The average Bonchev–Trinajstić information content (AvgIpc) is 2.57. The number of anilines is 1. The van der Waals surface area contributed by atoms with Gasteiger partial charge in [0.05, 0.1) is 23.4 Å². The van der Waals surface area contributed by atoms with Crippen molar-refractivity contribution in [3.63, 3.8) is 0 Å². The van der Waals surface area contributed by atoms with Crippen molar-refractivity contribution < 1.29 is 23.5 Å². The third-order valence-corrected chi connectivity index (χ3v) is 3.79. The van der Waals surface area contributed by atoms with Gasteiger partial charge in [0.1, 0.15) is 0 Å². The fourth-order valence-corrected chi connectivity index (χ4v) is 2.24. The molecule has 0 aliphatic heterocycles. The molecule has 5 nitrogen and oxygen atoms in total. The summed E-state index contributed by atoms with van der Waals surface area (Å²) in [7, 11) is 1.31. The number of carbonyl (C=O) groups excluding carboxylic acids is 2. The zero-order valence-electron chi connectivity index (χ0n) is 13.3. The normalized spacial score (nSPS) is 11.6. The lowest BCUT2D eigenvalue weighted by Crippen LogP contribution is -2.30. The van der Waals surface area contributed by atoms with Crippen LogP contribution in [0.5, 0.6) is 5.75 Å². The van der Waals surface area contributed by atoms with Crippen LogP contribution in [0, 0.1) is 5.82 Å². The van der Waals surface area contributed by atoms with Crippen LogP contribution in [-0.4, -0.2) is 25.1 Å². The van der Waals surface area contributed by atoms with E-state index < -0.39 is 23.8 Å². The Kier molecular flexibility index (Phi) is 6.22. The molecule has 0 unspecified atom stereocenters. The molecule has 0 aliphatic rings. The summed E-state index contributed by atoms with van der Waals surface area (Å²) < 4.78 is 23.4. The third-order valence-electron chi connectivity index (χ3n) is 3.23. The maximum absolute atomic E-state index is 13.6. The molecule has 1 N–H and O–H groups in total. The van der Waals surface area contributed by atoms with Crippen molar-refractivity contribution in [3.05, 3.63) is 57.8 Å². The number of rotatable bonds is 5. The first-order valence-electron chi connectivity index (χ1n) is 7.12. The summed E-state index contributed by atoms with van der Waals surface area (Å²) in [5, 5.41) is 3.18. The molecule has 0 bridgehead atoms. The van der Waals surface area contributed by atoms with Gasteiger partial charge in [0.2, 0.25) is 0 Å². The highest BCUT2D eigenvalue weighted by Crippen LogP contribution is 2.25. The molecule has 25 heavy (non-hydrogen) atoms. The second kappa shape index (κ2) is 8.18. The average molecular weight is 386 g/mol. The van der Waals surface area contributed by atoms with Gasteiger partial charge in [0, 0.05) is 5.02 Å². The Morgan fingerprint density at radius 3 is 2.52 bits per heavy atom. The lowest BCUT2D eigenvalue weighted by molar-refractivity contribution is -0.123. The van der Waals surface area contributed by atoms with Crippen LogP contribution in [-0.2, 0) is 9.53 Å². The van der Waals surface area contributed by atoms with Gasteiger partial charge in [0.25, 0.3) is 5.91 Å². The van der Waals surface area contributed by atoms with Gasteiger partial charge in [-0.25, -0.2) is 9.18 Å². The van der Waals surface area contributed by atoms with Crippen LogP contribution in [0.2, 0.25) is 10.0 Å². The number of amides is 1. The second-order valence-electron chi connectivity index (χ2n) is 5.01. The Labute approximate surface area is 153 Å². The van der Waals surface area contributed by atoms with E-state index in [1.165, 1.54) is 38.3 Å². The quantitative estimate of drug-likeness (QED) is 0.778. The number of carbonyl (C=O) groups is 2. The molecule has 1 atom stereocenters. The summed E-state index contributed by atoms with van der Waals surface area (Å²) in [6.07, 6.45) is -1.13. The number of methoxy groups -OCH3 is 1. The highest BCUT2D eigenvalue weighted by molar-refractivity contribution is 6.35. The van der Waals surface area contributed by atoms with E-state index in [2.05, 4.69) is 5.32 Å². The molecule has 0 aliphatic carbocycles. The Morgan fingerprint density at radius 2 is 1.88 bits per heavy atom. The van der Waals surface area contributed by atoms with E-state index in [9.17, 15) is 14.0 Å². The Balaban J connectivity index is 2.04. The molecule has 0 radical (unpaired) electrons. The van der Waals surface area contributed by atoms with E-state index in [4.69, 9.17) is 32.7 Å². The molecule has 8 heteroatoms. The topological polar surface area (TPSA) is 64.6 Å². The van der Waals surface area contributed by atoms with Gasteiger partial charge in [-0.15, -0.1) is 0 Å². The van der Waals surface area contributed by atoms with Gasteiger partial charge >= 0.3 is 5.97 Å². The molecule has 1 amide bonds. The van der Waals surface area contributed by atoms with Crippen LogP contribution in [0.4, 0.5) is 10.1 Å². The molecule has 0 saturated heterocycles. The highest BCUT2D eigenvalue weighted by Gasteiger charge is 2.21. The zero-order valence-corrected chi connectivity index (χ0v) is 14.8. The van der Waals surface area contributed by atoms with Crippen LogP contribution >= 0.6 is 23.2 Å². The van der Waals surface area contributed by atoms with Crippen molar-refractivity contribution in [2.24, 2.45) is 0 Å². The minimum atomic E-state index is -1.13. The SMILES string of the molecule is COc1ccc(C(=O)O[C@@H](C)C(=O)Nc2cc(Cl)ccc2Cl)cc1F. The van der Waals surface area contributed by atoms with E-state index in [0.717, 1.165) is 6.07 Å². The van der Waals surface area contributed by atoms with Crippen LogP contribution in [0.1, 0.15) is 17.3 Å². The minimum Gasteiger partial charge on any atom is -0.494 e. The van der Waals surface area contributed by atoms with E-state index in [0.29, 0.717) is 5.02 Å². The molecule has 0 fully saturated rings. The predicted molar refractivity (Wildman–Crippen MR) is 92.9 cm³/mol. The summed E-state index contributed by atoms with van der Waals surface area (Å²) in [6.45, 7) is 1.38. The van der Waals surface area contributed by atoms with Gasteiger partial charge in [-0.3, -0.25) is 4.79 Å². The number of hydrogen-bond acceptors (Lipinski definition) is 4. The van der Waals surface area contributed by atoms with Crippen LogP contribution in [0.25, 0.3) is 0 Å². The van der Waals surface area contributed by atoms with Crippen LogP contribution in [0.3, 0.4) is 0 Å². The Morgan fingerprint density at radius 1 is 1.16 bits per heavy atom. The van der Waals surface area contributed by atoms with Crippen LogP contribution < -0.4 is 10.1 Å². The number of benzene rings is 2. The first kappa shape index (κ1) is 19.0. The summed E-state index contributed by atoms with van der Waals surface area (Å²) in [5.41, 5.74) is 0.247. The molecule has 132 valence electrons. The van der Waals surface area contributed by atoms with Crippen molar-refractivity contribution in [2.45, 2.75) is 13.0 Å². The third kappa shape index (κ3) is 4.84. The van der Waals surface area contributed by atoms with Crippen LogP contribution in [0.15, 0.2) is 36.4 Å². The molecule has 0 saturated carbocycles. The van der Waals surface area contributed by atoms with Gasteiger partial charge in [-0.05, 0) is 43.3 Å². The maximum atomic E-state index is 13.6. The predicted octanol–water partition coefficient (Wildman–Crippen LogP) is 4.33. The molecule has 2 rings (SSSR count). The minimum absolute atomic E-state index is 0.00191. The summed E-state index contributed by atoms with van der Waals surface area (Å²) in [6, 6.07) is 8.16. The number of ether oxygens (including phenoxy) is 2. The van der Waals surface area contributed by atoms with Crippen molar-refractivity contribution in [1.82, 2.24) is 0 Å². The first-order chi connectivity index (χ1) is 11.8. The standard InChI is InChI=1S/C17H14Cl2FNO4/c1-9(16(22)21-14-8-11(18)4-5-12(14)19)25-17(23)10-3-6-15(24-2)13(20)7-10/h3-9H,1-2H3,(H,21,22)/t9-/m0/s1. The van der Waals surface area contributed by atoms with Crippen molar-refractivity contribution in [1.29, 1.82) is 0 Å². The molecular weight excluding hydrogens is 372 g/mol. The van der Waals surface area contributed by atoms with Gasteiger partial charge in [-0.1, -0.05) is 23.2 Å². The fraction of sp³-hybridized carbons (Fsp3) is 0.176. The summed E-state index contributed by atoms with van der Waals surface area (Å²) >= 11 is 11.8. The second-order valence-corrected chi connectivity index (χ2v) is 5.85. The Hall–Kier alpha value is -2.31. The molecule has 2 aromatic carbocycles. The highest BCUT2D eigenvalue weighted by atomic mass is 35.5. The zero-order chi connectivity index (χ0) is 18.6. The largest absolute Gasteiger partial charge is 0.494 e. The number of hydrogen-bond donors (Lipinski definition) is 1. The lowest BCUT2D eigenvalue weighted by Gasteiger charge is -2.14. The first-order valence-corrected chi connectivity index (χ1v) is 7.88. The number of halogens is 3. The van der Waals surface area contributed by atoms with E-state index in [-0.39, 0.29) is 22.0 Å². The summed E-state index contributed by atoms with van der Waals surface area (Å²) in [5.74, 6) is -2.16. The Bertz CT molecular complexity index is 813. The summed E-state index contributed by atoms with van der Waals surface area (Å²) in [4.78, 5) is 24.2. The molecule has 2 aromatic rings. The van der Waals surface area contributed by atoms with Crippen molar-refractivity contribution >= 4 is 40.8 Å². The number of esters is 1. The van der Waals surface area contributed by atoms with E-state index >= 15 is 0 Å². The van der Waals surface area contributed by atoms with Crippen molar-refractivity contribution in [3.8, 4) is 5.75 Å². The monoisotopic (exact) mass is 385 g/mol. The van der Waals surface area contributed by atoms with Gasteiger partial charge < -0.3 is 14.8 Å². The van der Waals surface area contributed by atoms with Gasteiger partial charge in [0.15, 0.2) is 17.7 Å². The molecular formula is C17H14Cl2FNO4.